The van der Waals surface area contributed by atoms with E-state index in [0.717, 1.165) is 49.7 Å². The highest BCUT2D eigenvalue weighted by Gasteiger charge is 2.24. The van der Waals surface area contributed by atoms with Gasteiger partial charge in [-0.05, 0) is 88.0 Å². The van der Waals surface area contributed by atoms with Crippen LogP contribution in [-0.2, 0) is 0 Å². The highest BCUT2D eigenvalue weighted by molar-refractivity contribution is 6.21. The number of nitrogens with zero attached hydrogens (tertiary/aromatic N) is 5. The zero-order valence-electron chi connectivity index (χ0n) is 27.2. The van der Waals surface area contributed by atoms with E-state index in [1.165, 1.54) is 0 Å². The molecule has 0 aliphatic heterocycles. The monoisotopic (exact) mass is 647 g/mol. The minimum Gasteiger partial charge on any atom is -0.309 e. The van der Waals surface area contributed by atoms with Gasteiger partial charge in [0, 0.05) is 27.6 Å². The smallest absolute Gasteiger partial charge is 0.0998 e. The summed E-state index contributed by atoms with van der Waals surface area (Å²) in [5.41, 5.74) is 10.9. The van der Waals surface area contributed by atoms with Crippen molar-refractivity contribution < 1.29 is 0 Å². The fraction of sp³-hybridized carbons (Fsp3) is 0. The van der Waals surface area contributed by atoms with Crippen LogP contribution in [-0.4, -0.2) is 4.57 Å². The van der Waals surface area contributed by atoms with Crippen molar-refractivity contribution in [2.45, 2.75) is 0 Å². The van der Waals surface area contributed by atoms with Gasteiger partial charge in [0.2, 0.25) is 0 Å². The van der Waals surface area contributed by atoms with E-state index in [2.05, 4.69) is 71.3 Å². The lowest BCUT2D eigenvalue weighted by Crippen LogP contribution is -1.96. The van der Waals surface area contributed by atoms with Crippen molar-refractivity contribution in [1.29, 1.82) is 21.0 Å². The Labute approximate surface area is 295 Å². The number of rotatable bonds is 5. The van der Waals surface area contributed by atoms with Crippen LogP contribution in [0.4, 0.5) is 0 Å². The molecule has 0 aliphatic rings. The second-order valence-corrected chi connectivity index (χ2v) is 12.1. The van der Waals surface area contributed by atoms with Crippen molar-refractivity contribution in [3.8, 4) is 74.5 Å². The van der Waals surface area contributed by atoms with Gasteiger partial charge < -0.3 is 4.57 Å². The maximum Gasteiger partial charge on any atom is 0.0998 e. The second kappa shape index (κ2) is 12.7. The van der Waals surface area contributed by atoms with E-state index in [4.69, 9.17) is 0 Å². The van der Waals surface area contributed by atoms with Crippen LogP contribution in [0.25, 0.3) is 72.0 Å². The molecule has 8 rings (SSSR count). The molecule has 0 radical (unpaired) electrons. The number of nitriles is 4. The van der Waals surface area contributed by atoms with Gasteiger partial charge in [-0.25, -0.2) is 0 Å². The van der Waals surface area contributed by atoms with E-state index in [9.17, 15) is 21.0 Å². The van der Waals surface area contributed by atoms with Crippen LogP contribution in [0.3, 0.4) is 0 Å². The van der Waals surface area contributed by atoms with Crippen molar-refractivity contribution in [2.75, 3.05) is 0 Å². The molecule has 5 nitrogen and oxygen atoms in total. The predicted molar refractivity (Wildman–Crippen MR) is 201 cm³/mol. The van der Waals surface area contributed by atoms with Gasteiger partial charge in [0.25, 0.3) is 0 Å². The summed E-state index contributed by atoms with van der Waals surface area (Å²) in [6, 6.07) is 58.5. The summed E-state index contributed by atoms with van der Waals surface area (Å²) in [4.78, 5) is 0. The Hall–Kier alpha value is -7.70. The van der Waals surface area contributed by atoms with Crippen LogP contribution in [0.2, 0.25) is 0 Å². The third-order valence-corrected chi connectivity index (χ3v) is 9.36. The Morgan fingerprint density at radius 1 is 0.353 bits per heavy atom. The molecule has 1 heterocycles. The maximum atomic E-state index is 10.3. The minimum atomic E-state index is 0.382. The van der Waals surface area contributed by atoms with Crippen molar-refractivity contribution in [2.24, 2.45) is 0 Å². The van der Waals surface area contributed by atoms with Crippen molar-refractivity contribution in [3.63, 3.8) is 0 Å². The van der Waals surface area contributed by atoms with Gasteiger partial charge in [0.15, 0.2) is 0 Å². The molecular formula is C46H25N5. The van der Waals surface area contributed by atoms with E-state index in [-0.39, 0.29) is 0 Å². The zero-order valence-corrected chi connectivity index (χ0v) is 27.2. The van der Waals surface area contributed by atoms with Crippen LogP contribution in [0.5, 0.6) is 0 Å². The molecule has 0 amide bonds. The van der Waals surface area contributed by atoms with Gasteiger partial charge in [-0.2, -0.15) is 21.0 Å². The van der Waals surface area contributed by atoms with Crippen molar-refractivity contribution in [3.05, 3.63) is 174 Å². The van der Waals surface area contributed by atoms with Crippen LogP contribution in [0.1, 0.15) is 22.3 Å². The first-order chi connectivity index (χ1) is 25.1. The summed E-state index contributed by atoms with van der Waals surface area (Å²) in [6.45, 7) is 0. The summed E-state index contributed by atoms with van der Waals surface area (Å²) in [5, 5.41) is 42.7. The largest absolute Gasteiger partial charge is 0.309 e. The third-order valence-electron chi connectivity index (χ3n) is 9.36. The van der Waals surface area contributed by atoms with E-state index < -0.39 is 0 Å². The Kier molecular flexibility index (Phi) is 7.64. The lowest BCUT2D eigenvalue weighted by molar-refractivity contribution is 1.18. The normalized spacial score (nSPS) is 10.7. The van der Waals surface area contributed by atoms with E-state index >= 15 is 0 Å². The molecule has 0 atom stereocenters. The third kappa shape index (κ3) is 5.08. The van der Waals surface area contributed by atoms with Gasteiger partial charge in [0.05, 0.1) is 57.6 Å². The predicted octanol–water partition coefficient (Wildman–Crippen LogP) is 10.9. The fourth-order valence-corrected chi connectivity index (χ4v) is 7.20. The van der Waals surface area contributed by atoms with Crippen LogP contribution >= 0.6 is 0 Å². The van der Waals surface area contributed by atoms with Gasteiger partial charge >= 0.3 is 0 Å². The van der Waals surface area contributed by atoms with E-state index in [1.807, 2.05) is 72.8 Å². The SMILES string of the molecule is N#Cc1cccc(C#N)c1-c1cccc2c1c1c(-c3c(C#N)cccc3C#N)cccc1n2-c1cc(-c2ccccc2)cc(-c2ccccc2)c1. The summed E-state index contributed by atoms with van der Waals surface area (Å²) >= 11 is 0. The Balaban J connectivity index is 1.58. The Bertz CT molecular complexity index is 2580. The molecule has 7 aromatic carbocycles. The first-order valence-corrected chi connectivity index (χ1v) is 16.3. The quantitative estimate of drug-likeness (QED) is 0.185. The number of aromatic nitrogens is 1. The van der Waals surface area contributed by atoms with Gasteiger partial charge in [-0.1, -0.05) is 97.1 Å². The molecule has 0 N–H and O–H groups in total. The van der Waals surface area contributed by atoms with Crippen molar-refractivity contribution >= 4 is 21.8 Å². The highest BCUT2D eigenvalue weighted by atomic mass is 15.0. The number of hydrogen-bond acceptors (Lipinski definition) is 4. The fourth-order valence-electron chi connectivity index (χ4n) is 7.20. The number of benzene rings is 7. The van der Waals surface area contributed by atoms with Crippen LogP contribution in [0, 0.1) is 45.3 Å². The molecular weight excluding hydrogens is 623 g/mol. The average molecular weight is 648 g/mol. The molecule has 5 heteroatoms. The molecule has 0 bridgehead atoms. The van der Waals surface area contributed by atoms with Gasteiger partial charge in [0.1, 0.15) is 0 Å². The molecule has 0 fully saturated rings. The molecule has 8 aromatic rings. The zero-order chi connectivity index (χ0) is 34.9. The van der Waals surface area contributed by atoms with Gasteiger partial charge in [-0.15, -0.1) is 0 Å². The second-order valence-electron chi connectivity index (χ2n) is 12.1. The van der Waals surface area contributed by atoms with Crippen LogP contribution in [0.15, 0.2) is 152 Å². The first kappa shape index (κ1) is 30.6. The summed E-state index contributed by atoms with van der Waals surface area (Å²) in [5.74, 6) is 0. The topological polar surface area (TPSA) is 100 Å². The standard InChI is InChI=1S/C46H25N5/c47-26-32-15-7-16-33(27-48)43(32)39-19-9-21-41-45(39)46-40(44-34(28-49)17-8-18-35(44)29-50)20-10-22-42(46)51(41)38-24-36(30-11-3-1-4-12-30)23-37(25-38)31-13-5-2-6-14-31/h1-25H. The van der Waals surface area contributed by atoms with Gasteiger partial charge in [-0.3, -0.25) is 0 Å². The minimum absolute atomic E-state index is 0.382. The summed E-state index contributed by atoms with van der Waals surface area (Å²) in [7, 11) is 0. The molecule has 0 spiro atoms. The van der Waals surface area contributed by atoms with Crippen molar-refractivity contribution in [1.82, 2.24) is 4.57 Å². The average Bonchev–Trinajstić information content (AvgIpc) is 3.55. The Morgan fingerprint density at radius 2 is 0.725 bits per heavy atom. The summed E-state index contributed by atoms with van der Waals surface area (Å²) in [6.07, 6.45) is 0. The summed E-state index contributed by atoms with van der Waals surface area (Å²) < 4.78 is 2.21. The molecule has 51 heavy (non-hydrogen) atoms. The molecule has 0 aliphatic carbocycles. The molecule has 0 unspecified atom stereocenters. The molecule has 234 valence electrons. The lowest BCUT2D eigenvalue weighted by Gasteiger charge is -2.14. The lowest BCUT2D eigenvalue weighted by atomic mass is 9.88. The highest BCUT2D eigenvalue weighted by Crippen LogP contribution is 2.46. The number of hydrogen-bond donors (Lipinski definition) is 0. The number of fused-ring (bicyclic) bond motifs is 3. The molecule has 1 aromatic heterocycles. The Morgan fingerprint density at radius 3 is 1.10 bits per heavy atom. The van der Waals surface area contributed by atoms with Crippen LogP contribution < -0.4 is 0 Å². The maximum absolute atomic E-state index is 10.3. The molecule has 0 saturated heterocycles. The van der Waals surface area contributed by atoms with E-state index in [0.29, 0.717) is 44.5 Å². The molecule has 0 saturated carbocycles. The first-order valence-electron chi connectivity index (χ1n) is 16.3. The van der Waals surface area contributed by atoms with E-state index in [1.54, 1.807) is 36.4 Å².